The zero-order chi connectivity index (χ0) is 31.2. The minimum Gasteiger partial charge on any atom is -0.388 e. The molecule has 0 radical (unpaired) electrons. The van der Waals surface area contributed by atoms with Crippen molar-refractivity contribution in [1.29, 1.82) is 0 Å². The average molecular weight is 573 g/mol. The van der Waals surface area contributed by atoms with E-state index in [1.807, 2.05) is 48.5 Å². The Morgan fingerprint density at radius 2 is 0.929 bits per heavy atom. The summed E-state index contributed by atoms with van der Waals surface area (Å²) in [5.41, 5.74) is 5.11. The van der Waals surface area contributed by atoms with Crippen LogP contribution in [-0.4, -0.2) is 20.4 Å². The smallest absolute Gasteiger partial charge is 0.0862 e. The molecule has 2 aromatic carbocycles. The van der Waals surface area contributed by atoms with Crippen LogP contribution >= 0.6 is 0 Å². The lowest BCUT2D eigenvalue weighted by Crippen LogP contribution is -2.41. The lowest BCUT2D eigenvalue weighted by molar-refractivity contribution is -0.0640. The molecule has 228 valence electrons. The summed E-state index contributed by atoms with van der Waals surface area (Å²) < 4.78 is 0. The largest absolute Gasteiger partial charge is 0.388 e. The van der Waals surface area contributed by atoms with Gasteiger partial charge < -0.3 is 20.4 Å². The van der Waals surface area contributed by atoms with Crippen molar-refractivity contribution < 1.29 is 20.4 Å². The van der Waals surface area contributed by atoms with E-state index >= 15 is 0 Å². The third-order valence-electron chi connectivity index (χ3n) is 9.65. The standard InChI is InChI=1S/2C19H26O2/c2*1-5-16-17(20)14-10-6-7-11-15(14)18(21)19(16,4)12-8-9-13(2)3/h2*5-7,9-11,16-18,20-21H,1,8,12H2,2-4H3/t2*16-,17+,18-,19-/m00/s1. The molecule has 4 heteroatoms. The van der Waals surface area contributed by atoms with Crippen LogP contribution < -0.4 is 0 Å². The normalized spacial score (nSPS) is 31.4. The molecule has 0 aliphatic heterocycles. The van der Waals surface area contributed by atoms with Crippen LogP contribution in [0.25, 0.3) is 0 Å². The van der Waals surface area contributed by atoms with Crippen LogP contribution in [0.15, 0.2) is 97.1 Å². The van der Waals surface area contributed by atoms with E-state index in [0.29, 0.717) is 0 Å². The maximum atomic E-state index is 10.9. The second-order valence-electron chi connectivity index (χ2n) is 13.1. The molecule has 0 heterocycles. The highest BCUT2D eigenvalue weighted by Gasteiger charge is 2.49. The molecule has 0 aromatic heterocycles. The topological polar surface area (TPSA) is 80.9 Å². The van der Waals surface area contributed by atoms with Crippen molar-refractivity contribution >= 4 is 0 Å². The maximum absolute atomic E-state index is 10.9. The molecule has 42 heavy (non-hydrogen) atoms. The Morgan fingerprint density at radius 3 is 1.21 bits per heavy atom. The first-order chi connectivity index (χ1) is 19.8. The molecule has 4 nitrogen and oxygen atoms in total. The number of allylic oxidation sites excluding steroid dienone is 4. The van der Waals surface area contributed by atoms with E-state index in [2.05, 4.69) is 66.9 Å². The van der Waals surface area contributed by atoms with Crippen LogP contribution in [0.4, 0.5) is 0 Å². The van der Waals surface area contributed by atoms with Gasteiger partial charge in [0.1, 0.15) is 0 Å². The fourth-order valence-corrected chi connectivity index (χ4v) is 6.99. The van der Waals surface area contributed by atoms with Crippen LogP contribution in [0.1, 0.15) is 114 Å². The highest BCUT2D eigenvalue weighted by molar-refractivity contribution is 5.38. The number of benzene rings is 2. The van der Waals surface area contributed by atoms with E-state index in [9.17, 15) is 20.4 Å². The summed E-state index contributed by atoms with van der Waals surface area (Å²) in [5, 5.41) is 43.1. The Hall–Kier alpha value is -2.76. The maximum Gasteiger partial charge on any atom is 0.0862 e. The van der Waals surface area contributed by atoms with E-state index < -0.39 is 35.2 Å². The monoisotopic (exact) mass is 572 g/mol. The van der Waals surface area contributed by atoms with Gasteiger partial charge in [-0.1, -0.05) is 97.8 Å². The van der Waals surface area contributed by atoms with Crippen LogP contribution in [0.5, 0.6) is 0 Å². The molecular weight excluding hydrogens is 520 g/mol. The first-order valence-corrected chi connectivity index (χ1v) is 15.2. The Bertz CT molecular complexity index is 1180. The third kappa shape index (κ3) is 6.73. The molecule has 2 aromatic rings. The molecule has 4 rings (SSSR count). The number of aliphatic hydroxyl groups excluding tert-OH is 4. The molecule has 0 saturated heterocycles. The number of hydrogen-bond acceptors (Lipinski definition) is 4. The van der Waals surface area contributed by atoms with Crippen molar-refractivity contribution in [2.45, 2.75) is 91.6 Å². The van der Waals surface area contributed by atoms with Gasteiger partial charge in [-0.2, -0.15) is 0 Å². The highest BCUT2D eigenvalue weighted by Crippen LogP contribution is 2.56. The molecule has 0 amide bonds. The van der Waals surface area contributed by atoms with Gasteiger partial charge in [0.15, 0.2) is 0 Å². The van der Waals surface area contributed by atoms with Gasteiger partial charge in [-0.15, -0.1) is 13.2 Å². The first-order valence-electron chi connectivity index (χ1n) is 15.2. The van der Waals surface area contributed by atoms with Gasteiger partial charge in [-0.25, -0.2) is 0 Å². The number of aliphatic hydroxyl groups is 4. The van der Waals surface area contributed by atoms with Crippen LogP contribution in [0.2, 0.25) is 0 Å². The second kappa shape index (κ2) is 14.1. The lowest BCUT2D eigenvalue weighted by atomic mass is 9.60. The van der Waals surface area contributed by atoms with Gasteiger partial charge in [0.05, 0.1) is 24.4 Å². The van der Waals surface area contributed by atoms with Gasteiger partial charge in [0.25, 0.3) is 0 Å². The predicted octanol–water partition coefficient (Wildman–Crippen LogP) is 8.64. The van der Waals surface area contributed by atoms with Gasteiger partial charge in [0.2, 0.25) is 0 Å². The van der Waals surface area contributed by atoms with Crippen LogP contribution in [0.3, 0.4) is 0 Å². The van der Waals surface area contributed by atoms with Crippen LogP contribution in [-0.2, 0) is 0 Å². The molecule has 4 N–H and O–H groups in total. The lowest BCUT2D eigenvalue weighted by Gasteiger charge is -2.47. The van der Waals surface area contributed by atoms with Gasteiger partial charge in [0, 0.05) is 22.7 Å². The fourth-order valence-electron chi connectivity index (χ4n) is 6.99. The molecule has 0 saturated carbocycles. The van der Waals surface area contributed by atoms with Crippen LogP contribution in [0, 0.1) is 22.7 Å². The fraction of sp³-hybridized carbons (Fsp3) is 0.474. The Labute approximate surface area is 253 Å². The number of hydrogen-bond donors (Lipinski definition) is 4. The molecule has 2 aliphatic rings. The van der Waals surface area contributed by atoms with Gasteiger partial charge >= 0.3 is 0 Å². The molecule has 0 fully saturated rings. The molecule has 2 aliphatic carbocycles. The summed E-state index contributed by atoms with van der Waals surface area (Å²) in [6.45, 7) is 20.2. The van der Waals surface area contributed by atoms with Crippen molar-refractivity contribution in [2.75, 3.05) is 0 Å². The number of rotatable bonds is 8. The van der Waals surface area contributed by atoms with E-state index in [-0.39, 0.29) is 11.8 Å². The van der Waals surface area contributed by atoms with Crippen molar-refractivity contribution in [1.82, 2.24) is 0 Å². The molecule has 0 bridgehead atoms. The van der Waals surface area contributed by atoms with E-state index in [4.69, 9.17) is 0 Å². The molecule has 0 unspecified atom stereocenters. The zero-order valence-electron chi connectivity index (χ0n) is 26.4. The molecule has 8 atom stereocenters. The van der Waals surface area contributed by atoms with Crippen molar-refractivity contribution in [3.8, 4) is 0 Å². The number of fused-ring (bicyclic) bond motifs is 2. The minimum atomic E-state index is -0.598. The molecule has 0 spiro atoms. The third-order valence-corrected chi connectivity index (χ3v) is 9.65. The van der Waals surface area contributed by atoms with Gasteiger partial charge in [-0.3, -0.25) is 0 Å². The summed E-state index contributed by atoms with van der Waals surface area (Å²) in [6, 6.07) is 15.3. The Morgan fingerprint density at radius 1 is 0.619 bits per heavy atom. The quantitative estimate of drug-likeness (QED) is 0.239. The second-order valence-corrected chi connectivity index (χ2v) is 13.1. The predicted molar refractivity (Wildman–Crippen MR) is 174 cm³/mol. The summed E-state index contributed by atoms with van der Waals surface area (Å²) in [6.07, 6.45) is 9.05. The van der Waals surface area contributed by atoms with E-state index in [1.165, 1.54) is 11.1 Å². The summed E-state index contributed by atoms with van der Waals surface area (Å²) in [5.74, 6) is -0.291. The van der Waals surface area contributed by atoms with E-state index in [0.717, 1.165) is 47.9 Å². The van der Waals surface area contributed by atoms with Crippen molar-refractivity contribution in [2.24, 2.45) is 22.7 Å². The average Bonchev–Trinajstić information content (AvgIpc) is 2.95. The minimum absolute atomic E-state index is 0.145. The summed E-state index contributed by atoms with van der Waals surface area (Å²) in [4.78, 5) is 0. The molecular formula is C38H52O4. The first kappa shape index (κ1) is 33.7. The van der Waals surface area contributed by atoms with Crippen molar-refractivity contribution in [3.63, 3.8) is 0 Å². The van der Waals surface area contributed by atoms with Gasteiger partial charge in [-0.05, 0) is 75.6 Å². The highest BCUT2D eigenvalue weighted by atomic mass is 16.3. The summed E-state index contributed by atoms with van der Waals surface area (Å²) in [7, 11) is 0. The Kier molecular flexibility index (Phi) is 11.4. The summed E-state index contributed by atoms with van der Waals surface area (Å²) >= 11 is 0. The Balaban J connectivity index is 0.000000230. The zero-order valence-corrected chi connectivity index (χ0v) is 26.4. The SMILES string of the molecule is C=C[C@H]1[C@H](O)c2ccccc2[C@H](O)[C@@]1(C)CCC=C(C)C.C=C[C@H]1[C@H](O)c2ccccc2[C@H](O)[C@@]1(C)CCC=C(C)C. The van der Waals surface area contributed by atoms with Crippen molar-refractivity contribution in [3.05, 3.63) is 119 Å². The van der Waals surface area contributed by atoms with E-state index in [1.54, 1.807) is 12.2 Å².